The Labute approximate surface area is 158 Å². The third-order valence-electron chi connectivity index (χ3n) is 3.73. The molecule has 1 aliphatic rings. The van der Waals surface area contributed by atoms with Crippen LogP contribution in [0.3, 0.4) is 0 Å². The minimum Gasteiger partial charge on any atom is -0.454 e. The van der Waals surface area contributed by atoms with E-state index >= 15 is 0 Å². The first-order valence-corrected chi connectivity index (χ1v) is 9.90. The van der Waals surface area contributed by atoms with Crippen LogP contribution in [0.5, 0.6) is 0 Å². The van der Waals surface area contributed by atoms with Crippen LogP contribution < -0.4 is 0 Å². The van der Waals surface area contributed by atoms with Gasteiger partial charge in [-0.15, -0.1) is 11.3 Å². The van der Waals surface area contributed by atoms with Crippen LogP contribution in [-0.4, -0.2) is 9.53 Å². The molecule has 2 heterocycles. The van der Waals surface area contributed by atoms with E-state index in [1.54, 1.807) is 11.3 Å². The maximum Gasteiger partial charge on any atom is 0.275 e. The number of aliphatic hydroxyl groups excluding tert-OH is 1. The van der Waals surface area contributed by atoms with Gasteiger partial charge in [-0.25, -0.2) is 0 Å². The second-order valence-corrected chi connectivity index (χ2v) is 8.02. The number of thiophene rings is 1. The molecule has 0 spiro atoms. The summed E-state index contributed by atoms with van der Waals surface area (Å²) >= 11 is 10.1. The monoisotopic (exact) mass is 462 g/mol. The largest absolute Gasteiger partial charge is 0.454 e. The first kappa shape index (κ1) is 17.1. The van der Waals surface area contributed by atoms with Crippen molar-refractivity contribution in [2.24, 2.45) is 0 Å². The van der Waals surface area contributed by atoms with Crippen molar-refractivity contribution in [3.8, 4) is 0 Å². The lowest BCUT2D eigenvalue weighted by Gasteiger charge is -2.16. The smallest absolute Gasteiger partial charge is 0.275 e. The fourth-order valence-electron chi connectivity index (χ4n) is 2.60. The molecule has 0 fully saturated rings. The van der Waals surface area contributed by atoms with Crippen molar-refractivity contribution < 1.29 is 14.6 Å². The van der Waals surface area contributed by atoms with Gasteiger partial charge in [0.15, 0.2) is 0 Å². The Bertz CT molecular complexity index is 721. The Balaban J connectivity index is 1.94. The predicted molar refractivity (Wildman–Crippen MR) is 101 cm³/mol. The molecule has 6 heteroatoms. The number of hydrogen-bond donors (Lipinski definition) is 1. The summed E-state index contributed by atoms with van der Waals surface area (Å²) in [7, 11) is 0. The van der Waals surface area contributed by atoms with Gasteiger partial charge in [0.25, 0.3) is 6.29 Å². The highest BCUT2D eigenvalue weighted by Gasteiger charge is 2.24. The number of halogens is 2. The van der Waals surface area contributed by atoms with E-state index in [9.17, 15) is 5.11 Å². The molecular formula is C17H16ClIO3S. The Hall–Kier alpha value is -0.760. The fourth-order valence-corrected chi connectivity index (χ4v) is 4.39. The van der Waals surface area contributed by atoms with Crippen LogP contribution in [0.4, 0.5) is 0 Å². The van der Waals surface area contributed by atoms with E-state index in [1.807, 2.05) is 31.2 Å². The summed E-state index contributed by atoms with van der Waals surface area (Å²) in [5.41, 5.74) is 2.87. The minimum atomic E-state index is -0.703. The first-order chi connectivity index (χ1) is 11.1. The van der Waals surface area contributed by atoms with Crippen LogP contribution in [0, 0.1) is 6.92 Å². The zero-order valence-corrected chi connectivity index (χ0v) is 16.2. The molecule has 0 bridgehead atoms. The molecule has 1 atom stereocenters. The van der Waals surface area contributed by atoms with Crippen LogP contribution >= 0.6 is 45.5 Å². The van der Waals surface area contributed by atoms with Crippen LogP contribution in [0.25, 0.3) is 0 Å². The quantitative estimate of drug-likeness (QED) is 0.485. The fraction of sp³-hybridized carbons (Fsp3) is 0.294. The van der Waals surface area contributed by atoms with Crippen LogP contribution in [0.15, 0.2) is 36.8 Å². The Morgan fingerprint density at radius 1 is 1.26 bits per heavy atom. The van der Waals surface area contributed by atoms with Crippen LogP contribution in [0.2, 0.25) is 5.02 Å². The molecule has 1 aromatic carbocycles. The molecule has 0 aliphatic carbocycles. The molecule has 1 N–H and O–H groups in total. The van der Waals surface area contributed by atoms with Crippen molar-refractivity contribution in [3.05, 3.63) is 68.3 Å². The molecule has 3 nitrogen and oxygen atoms in total. The normalized spacial score (nSPS) is 15.5. The summed E-state index contributed by atoms with van der Waals surface area (Å²) in [5, 5.41) is 11.5. The number of alkyl halides is 1. The van der Waals surface area contributed by atoms with Gasteiger partial charge in [0.05, 0.1) is 4.88 Å². The van der Waals surface area contributed by atoms with Crippen molar-refractivity contribution in [2.45, 2.75) is 25.7 Å². The third-order valence-corrected chi connectivity index (χ3v) is 5.59. The van der Waals surface area contributed by atoms with Gasteiger partial charge in [-0.1, -0.05) is 40.3 Å². The maximum atomic E-state index is 10.9. The molecule has 122 valence electrons. The van der Waals surface area contributed by atoms with Gasteiger partial charge in [0.1, 0.15) is 18.6 Å². The number of aryl methyl sites for hydroxylation is 2. The highest BCUT2D eigenvalue weighted by molar-refractivity contribution is 14.1. The van der Waals surface area contributed by atoms with Crippen molar-refractivity contribution in [2.75, 3.05) is 4.43 Å². The van der Waals surface area contributed by atoms with E-state index in [0.717, 1.165) is 37.3 Å². The number of hydrogen-bond acceptors (Lipinski definition) is 4. The molecule has 0 amide bonds. The second-order valence-electron chi connectivity index (χ2n) is 5.22. The van der Waals surface area contributed by atoms with Crippen molar-refractivity contribution >= 4 is 45.5 Å². The van der Waals surface area contributed by atoms with Gasteiger partial charge in [0, 0.05) is 14.3 Å². The maximum absolute atomic E-state index is 10.9. The summed E-state index contributed by atoms with van der Waals surface area (Å²) in [4.78, 5) is 1.99. The number of benzene rings is 1. The van der Waals surface area contributed by atoms with E-state index in [1.165, 1.54) is 12.5 Å². The zero-order valence-electron chi connectivity index (χ0n) is 12.5. The van der Waals surface area contributed by atoms with Crippen molar-refractivity contribution in [1.29, 1.82) is 0 Å². The van der Waals surface area contributed by atoms with Crippen molar-refractivity contribution in [3.63, 3.8) is 0 Å². The van der Waals surface area contributed by atoms with Gasteiger partial charge < -0.3 is 14.6 Å². The molecule has 1 aromatic heterocycles. The number of aliphatic hydroxyl groups is 1. The molecule has 0 saturated heterocycles. The van der Waals surface area contributed by atoms with Gasteiger partial charge >= 0.3 is 0 Å². The topological polar surface area (TPSA) is 38.7 Å². The molecule has 0 saturated carbocycles. The van der Waals surface area contributed by atoms with Crippen LogP contribution in [-0.2, 0) is 15.9 Å². The summed E-state index contributed by atoms with van der Waals surface area (Å²) in [6.45, 7) is 2.00. The van der Waals surface area contributed by atoms with Gasteiger partial charge in [-0.2, -0.15) is 0 Å². The Kier molecular flexibility index (Phi) is 5.51. The molecule has 2 aromatic rings. The summed E-state index contributed by atoms with van der Waals surface area (Å²) in [6.07, 6.45) is 2.86. The highest BCUT2D eigenvalue weighted by Crippen LogP contribution is 2.38. The highest BCUT2D eigenvalue weighted by atomic mass is 127. The van der Waals surface area contributed by atoms with E-state index in [0.29, 0.717) is 5.02 Å². The molecule has 1 aliphatic heterocycles. The summed E-state index contributed by atoms with van der Waals surface area (Å²) in [6, 6.07) is 7.68. The lowest BCUT2D eigenvalue weighted by molar-refractivity contribution is -0.0217. The van der Waals surface area contributed by atoms with E-state index in [4.69, 9.17) is 21.1 Å². The van der Waals surface area contributed by atoms with Gasteiger partial charge in [-0.3, -0.25) is 0 Å². The minimum absolute atomic E-state index is 0.409. The first-order valence-electron chi connectivity index (χ1n) is 7.18. The summed E-state index contributed by atoms with van der Waals surface area (Å²) in [5.74, 6) is 0. The van der Waals surface area contributed by atoms with E-state index < -0.39 is 12.4 Å². The average Bonchev–Trinajstić information content (AvgIpc) is 3.18. The number of rotatable bonds is 5. The SMILES string of the molecule is Cc1sc(C2OC=CO2)cc1[C@H](O)c1cc(Cl)ccc1CCI. The molecule has 0 radical (unpaired) electrons. The lowest BCUT2D eigenvalue weighted by atomic mass is 9.96. The van der Waals surface area contributed by atoms with Gasteiger partial charge in [0.2, 0.25) is 0 Å². The predicted octanol–water partition coefficient (Wildman–Crippen LogP) is 5.29. The molecular weight excluding hydrogens is 447 g/mol. The Morgan fingerprint density at radius 3 is 2.70 bits per heavy atom. The zero-order chi connectivity index (χ0) is 16.4. The molecule has 0 unspecified atom stereocenters. The van der Waals surface area contributed by atoms with E-state index in [-0.39, 0.29) is 0 Å². The third kappa shape index (κ3) is 3.68. The molecule has 23 heavy (non-hydrogen) atoms. The summed E-state index contributed by atoms with van der Waals surface area (Å²) < 4.78 is 11.7. The van der Waals surface area contributed by atoms with Gasteiger partial charge in [-0.05, 0) is 48.2 Å². The number of ether oxygens (including phenoxy) is 2. The lowest BCUT2D eigenvalue weighted by Crippen LogP contribution is -2.05. The van der Waals surface area contributed by atoms with Crippen molar-refractivity contribution in [1.82, 2.24) is 0 Å². The molecule has 3 rings (SSSR count). The standard InChI is InChI=1S/C17H16ClIO3S/c1-10-13(9-15(23-10)17-21-6-7-22-17)16(20)14-8-12(18)3-2-11(14)4-5-19/h2-3,6-9,16-17,20H,4-5H2,1H3/t16-/m0/s1. The average molecular weight is 463 g/mol. The Morgan fingerprint density at radius 2 is 2.00 bits per heavy atom. The van der Waals surface area contributed by atoms with E-state index in [2.05, 4.69) is 22.6 Å². The second kappa shape index (κ2) is 7.42. The van der Waals surface area contributed by atoms with Crippen LogP contribution in [0.1, 0.15) is 38.8 Å².